The zero-order valence-corrected chi connectivity index (χ0v) is 10.1. The van der Waals surface area contributed by atoms with Crippen molar-refractivity contribution in [3.63, 3.8) is 0 Å². The lowest BCUT2D eigenvalue weighted by molar-refractivity contribution is 0.0592. The van der Waals surface area contributed by atoms with Gasteiger partial charge in [0.1, 0.15) is 0 Å². The molecule has 1 aromatic rings. The van der Waals surface area contributed by atoms with Crippen LogP contribution in [0.5, 0.6) is 0 Å². The molecule has 0 saturated heterocycles. The Labute approximate surface area is 102 Å². The highest BCUT2D eigenvalue weighted by atomic mass is 16.5. The standard InChI is InChI=1S/C14H18O3/c1-3-4-7-10-17-11-12-8-5-6-9-13(12)14(15)16-2/h3,5-6,8-9H,1,4,7,10-11H2,2H3. The molecule has 3 nitrogen and oxygen atoms in total. The van der Waals surface area contributed by atoms with Crippen molar-refractivity contribution < 1.29 is 14.3 Å². The van der Waals surface area contributed by atoms with Gasteiger partial charge in [-0.1, -0.05) is 24.3 Å². The van der Waals surface area contributed by atoms with E-state index >= 15 is 0 Å². The summed E-state index contributed by atoms with van der Waals surface area (Å²) in [4.78, 5) is 11.5. The predicted octanol–water partition coefficient (Wildman–Crippen LogP) is 2.96. The highest BCUT2D eigenvalue weighted by Crippen LogP contribution is 2.11. The van der Waals surface area contributed by atoms with Crippen LogP contribution in [0.15, 0.2) is 36.9 Å². The van der Waals surface area contributed by atoms with E-state index in [2.05, 4.69) is 6.58 Å². The summed E-state index contributed by atoms with van der Waals surface area (Å²) in [5.41, 5.74) is 1.43. The smallest absolute Gasteiger partial charge is 0.338 e. The highest BCUT2D eigenvalue weighted by Gasteiger charge is 2.10. The van der Waals surface area contributed by atoms with Gasteiger partial charge >= 0.3 is 5.97 Å². The molecule has 0 fully saturated rings. The van der Waals surface area contributed by atoms with Crippen LogP contribution in [0.25, 0.3) is 0 Å². The predicted molar refractivity (Wildman–Crippen MR) is 66.9 cm³/mol. The van der Waals surface area contributed by atoms with Crippen LogP contribution in [0, 0.1) is 0 Å². The summed E-state index contributed by atoms with van der Waals surface area (Å²) in [6, 6.07) is 7.32. The molecule has 0 heterocycles. The largest absolute Gasteiger partial charge is 0.465 e. The quantitative estimate of drug-likeness (QED) is 0.413. The molecule has 0 amide bonds. The Kier molecular flexibility index (Phi) is 6.04. The average Bonchev–Trinajstić information content (AvgIpc) is 2.38. The summed E-state index contributed by atoms with van der Waals surface area (Å²) in [6.45, 7) is 4.75. The SMILES string of the molecule is C=CCCCOCc1ccccc1C(=O)OC. The number of carbonyl (C=O) groups excluding carboxylic acids is 1. The minimum atomic E-state index is -0.324. The van der Waals surface area contributed by atoms with Gasteiger partial charge in [0.05, 0.1) is 19.3 Å². The number of rotatable bonds is 7. The number of allylic oxidation sites excluding steroid dienone is 1. The Bertz CT molecular complexity index is 371. The van der Waals surface area contributed by atoms with Crippen molar-refractivity contribution >= 4 is 5.97 Å². The molecule has 0 aromatic heterocycles. The molecule has 0 atom stereocenters. The second kappa shape index (κ2) is 7.63. The Morgan fingerprint density at radius 3 is 2.88 bits per heavy atom. The van der Waals surface area contributed by atoms with E-state index in [1.807, 2.05) is 24.3 Å². The number of carbonyl (C=O) groups is 1. The van der Waals surface area contributed by atoms with Crippen LogP contribution in [0.2, 0.25) is 0 Å². The zero-order valence-electron chi connectivity index (χ0n) is 10.1. The number of ether oxygens (including phenoxy) is 2. The third-order valence-corrected chi connectivity index (χ3v) is 2.38. The number of esters is 1. The van der Waals surface area contributed by atoms with Gasteiger partial charge in [0, 0.05) is 6.61 Å². The summed E-state index contributed by atoms with van der Waals surface area (Å²) in [6.07, 6.45) is 3.76. The van der Waals surface area contributed by atoms with Gasteiger partial charge in [-0.25, -0.2) is 4.79 Å². The maximum atomic E-state index is 11.5. The van der Waals surface area contributed by atoms with E-state index in [1.165, 1.54) is 7.11 Å². The van der Waals surface area contributed by atoms with E-state index in [9.17, 15) is 4.79 Å². The van der Waals surface area contributed by atoms with Crippen LogP contribution in [0.3, 0.4) is 0 Å². The number of hydrogen-bond donors (Lipinski definition) is 0. The van der Waals surface area contributed by atoms with Crippen LogP contribution in [0.1, 0.15) is 28.8 Å². The van der Waals surface area contributed by atoms with Crippen molar-refractivity contribution in [3.8, 4) is 0 Å². The van der Waals surface area contributed by atoms with Gasteiger partial charge in [-0.15, -0.1) is 6.58 Å². The van der Waals surface area contributed by atoms with Gasteiger partial charge < -0.3 is 9.47 Å². The molecule has 0 spiro atoms. The van der Waals surface area contributed by atoms with Gasteiger partial charge in [-0.2, -0.15) is 0 Å². The Hall–Kier alpha value is -1.61. The van der Waals surface area contributed by atoms with E-state index < -0.39 is 0 Å². The summed E-state index contributed by atoms with van der Waals surface area (Å²) < 4.78 is 10.2. The molecule has 92 valence electrons. The molecule has 3 heteroatoms. The molecule has 0 radical (unpaired) electrons. The fraction of sp³-hybridized carbons (Fsp3) is 0.357. The summed E-state index contributed by atoms with van der Waals surface area (Å²) in [7, 11) is 1.38. The van der Waals surface area contributed by atoms with E-state index in [0.717, 1.165) is 18.4 Å². The molecule has 0 bridgehead atoms. The average molecular weight is 234 g/mol. The van der Waals surface area contributed by atoms with E-state index in [-0.39, 0.29) is 5.97 Å². The van der Waals surface area contributed by atoms with Crippen molar-refractivity contribution in [2.75, 3.05) is 13.7 Å². The maximum Gasteiger partial charge on any atom is 0.338 e. The molecular formula is C14H18O3. The second-order valence-electron chi connectivity index (χ2n) is 3.63. The number of unbranched alkanes of at least 4 members (excludes halogenated alkanes) is 1. The second-order valence-corrected chi connectivity index (χ2v) is 3.63. The molecule has 0 aliphatic rings. The molecule has 0 N–H and O–H groups in total. The van der Waals surface area contributed by atoms with Crippen molar-refractivity contribution in [2.45, 2.75) is 19.4 Å². The molecule has 1 aromatic carbocycles. The third-order valence-electron chi connectivity index (χ3n) is 2.38. The van der Waals surface area contributed by atoms with Gasteiger partial charge in [0.15, 0.2) is 0 Å². The number of methoxy groups -OCH3 is 1. The number of hydrogen-bond acceptors (Lipinski definition) is 3. The summed E-state index contributed by atoms with van der Waals surface area (Å²) in [5, 5.41) is 0. The number of benzene rings is 1. The van der Waals surface area contributed by atoms with Gasteiger partial charge in [0.2, 0.25) is 0 Å². The summed E-state index contributed by atoms with van der Waals surface area (Å²) >= 11 is 0. The van der Waals surface area contributed by atoms with Crippen molar-refractivity contribution in [1.82, 2.24) is 0 Å². The van der Waals surface area contributed by atoms with E-state index in [0.29, 0.717) is 18.8 Å². The van der Waals surface area contributed by atoms with Crippen molar-refractivity contribution in [3.05, 3.63) is 48.0 Å². The first-order valence-electron chi connectivity index (χ1n) is 5.64. The van der Waals surface area contributed by atoms with Gasteiger partial charge in [-0.3, -0.25) is 0 Å². The highest BCUT2D eigenvalue weighted by molar-refractivity contribution is 5.90. The first-order valence-corrected chi connectivity index (χ1v) is 5.64. The lowest BCUT2D eigenvalue weighted by Gasteiger charge is -2.08. The molecule has 0 aliphatic heterocycles. The Morgan fingerprint density at radius 1 is 1.41 bits per heavy atom. The van der Waals surface area contributed by atoms with Crippen LogP contribution in [-0.4, -0.2) is 19.7 Å². The maximum absolute atomic E-state index is 11.5. The molecule has 0 aliphatic carbocycles. The van der Waals surface area contributed by atoms with Crippen LogP contribution in [0.4, 0.5) is 0 Å². The molecule has 1 rings (SSSR count). The Balaban J connectivity index is 2.52. The van der Waals surface area contributed by atoms with Crippen molar-refractivity contribution in [1.29, 1.82) is 0 Å². The minimum absolute atomic E-state index is 0.324. The van der Waals surface area contributed by atoms with E-state index in [4.69, 9.17) is 9.47 Å². The molecule has 0 unspecified atom stereocenters. The van der Waals surface area contributed by atoms with Crippen LogP contribution < -0.4 is 0 Å². The fourth-order valence-corrected chi connectivity index (χ4v) is 1.47. The molecule has 0 saturated carbocycles. The Morgan fingerprint density at radius 2 is 2.18 bits per heavy atom. The zero-order chi connectivity index (χ0) is 12.5. The van der Waals surface area contributed by atoms with Gasteiger partial charge in [-0.05, 0) is 24.5 Å². The molecule has 17 heavy (non-hydrogen) atoms. The lowest BCUT2D eigenvalue weighted by Crippen LogP contribution is -2.07. The van der Waals surface area contributed by atoms with Gasteiger partial charge in [0.25, 0.3) is 0 Å². The third kappa shape index (κ3) is 4.41. The first kappa shape index (κ1) is 13.5. The molecular weight excluding hydrogens is 216 g/mol. The lowest BCUT2D eigenvalue weighted by atomic mass is 10.1. The van der Waals surface area contributed by atoms with Crippen molar-refractivity contribution in [2.24, 2.45) is 0 Å². The topological polar surface area (TPSA) is 35.5 Å². The first-order chi connectivity index (χ1) is 8.29. The van der Waals surface area contributed by atoms with E-state index in [1.54, 1.807) is 6.07 Å². The monoisotopic (exact) mass is 234 g/mol. The normalized spacial score (nSPS) is 9.94. The minimum Gasteiger partial charge on any atom is -0.465 e. The van der Waals surface area contributed by atoms with Crippen LogP contribution in [-0.2, 0) is 16.1 Å². The fourth-order valence-electron chi connectivity index (χ4n) is 1.47. The summed E-state index contributed by atoms with van der Waals surface area (Å²) in [5.74, 6) is -0.324. The van der Waals surface area contributed by atoms with Crippen LogP contribution >= 0.6 is 0 Å².